The normalized spacial score (nSPS) is 13.0. The Labute approximate surface area is 131 Å². The van der Waals surface area contributed by atoms with Gasteiger partial charge < -0.3 is 5.32 Å². The fourth-order valence-electron chi connectivity index (χ4n) is 2.45. The minimum absolute atomic E-state index is 0.0933. The van der Waals surface area contributed by atoms with Crippen molar-refractivity contribution < 1.29 is 9.59 Å². The molecule has 106 valence electrons. The quantitative estimate of drug-likeness (QED) is 0.849. The number of benzene rings is 2. The van der Waals surface area contributed by atoms with E-state index >= 15 is 0 Å². The van der Waals surface area contributed by atoms with Gasteiger partial charge >= 0.3 is 0 Å². The summed E-state index contributed by atoms with van der Waals surface area (Å²) in [6.07, 6.45) is 0.265. The first-order chi connectivity index (χ1) is 9.94. The van der Waals surface area contributed by atoms with Crippen LogP contribution in [0.3, 0.4) is 0 Å². The molecule has 1 N–H and O–H groups in total. The predicted molar refractivity (Wildman–Crippen MR) is 83.4 cm³/mol. The molecule has 0 radical (unpaired) electrons. The summed E-state index contributed by atoms with van der Waals surface area (Å²) in [6, 6.07) is 8.46. The average molecular weight is 320 g/mol. The molecule has 1 aliphatic rings. The van der Waals surface area contributed by atoms with Crippen molar-refractivity contribution in [3.05, 3.63) is 62.6 Å². The van der Waals surface area contributed by atoms with Crippen LogP contribution in [0.1, 0.15) is 27.0 Å². The number of halogens is 2. The van der Waals surface area contributed by atoms with Gasteiger partial charge in [0.15, 0.2) is 5.78 Å². The molecule has 0 saturated carbocycles. The Morgan fingerprint density at radius 1 is 1.14 bits per heavy atom. The number of ketones is 1. The average Bonchev–Trinajstić information content (AvgIpc) is 2.75. The summed E-state index contributed by atoms with van der Waals surface area (Å²) in [6.45, 7) is 1.87. The Kier molecular flexibility index (Phi) is 3.47. The highest BCUT2D eigenvalue weighted by Crippen LogP contribution is 2.31. The Bertz CT molecular complexity index is 764. The number of aryl methyl sites for hydroxylation is 1. The summed E-state index contributed by atoms with van der Waals surface area (Å²) in [7, 11) is 0. The van der Waals surface area contributed by atoms with Gasteiger partial charge in [-0.1, -0.05) is 23.2 Å². The van der Waals surface area contributed by atoms with Crippen molar-refractivity contribution in [1.82, 2.24) is 0 Å². The van der Waals surface area contributed by atoms with Crippen LogP contribution in [0.4, 0.5) is 5.69 Å². The Hall–Kier alpha value is -1.84. The van der Waals surface area contributed by atoms with Gasteiger partial charge in [0.2, 0.25) is 5.91 Å². The number of anilines is 1. The second-order valence-electron chi connectivity index (χ2n) is 5.06. The third-order valence-corrected chi connectivity index (χ3v) is 3.90. The molecule has 0 saturated heterocycles. The molecule has 1 aliphatic heterocycles. The standard InChI is InChI=1S/C16H11Cl2NO2/c1-8-2-10(4-11(17)3-8)16(21)12-5-9-6-15(20)19-14(9)7-13(12)18/h2-5,7H,6H2,1H3,(H,19,20). The molecule has 0 spiro atoms. The van der Waals surface area contributed by atoms with E-state index in [4.69, 9.17) is 23.2 Å². The number of carbonyl (C=O) groups excluding carboxylic acids is 2. The van der Waals surface area contributed by atoms with Crippen molar-refractivity contribution in [2.45, 2.75) is 13.3 Å². The van der Waals surface area contributed by atoms with Crippen LogP contribution in [0.25, 0.3) is 0 Å². The highest BCUT2D eigenvalue weighted by molar-refractivity contribution is 6.36. The molecule has 1 heterocycles. The molecule has 0 fully saturated rings. The van der Waals surface area contributed by atoms with Crippen molar-refractivity contribution in [3.8, 4) is 0 Å². The molecule has 0 unspecified atom stereocenters. The summed E-state index contributed by atoms with van der Waals surface area (Å²) in [5.41, 5.74) is 3.23. The minimum Gasteiger partial charge on any atom is -0.325 e. The molecule has 2 aromatic carbocycles. The van der Waals surface area contributed by atoms with E-state index in [0.717, 1.165) is 11.1 Å². The van der Waals surface area contributed by atoms with Crippen molar-refractivity contribution in [1.29, 1.82) is 0 Å². The first kappa shape index (κ1) is 14.1. The van der Waals surface area contributed by atoms with Crippen LogP contribution in [0.15, 0.2) is 30.3 Å². The summed E-state index contributed by atoms with van der Waals surface area (Å²) in [5, 5.41) is 3.53. The molecule has 3 rings (SSSR count). The highest BCUT2D eigenvalue weighted by atomic mass is 35.5. The maximum atomic E-state index is 12.6. The lowest BCUT2D eigenvalue weighted by Gasteiger charge is -2.08. The van der Waals surface area contributed by atoms with Gasteiger partial charge in [0.05, 0.1) is 11.4 Å². The van der Waals surface area contributed by atoms with Gasteiger partial charge in [0.1, 0.15) is 0 Å². The zero-order valence-corrected chi connectivity index (χ0v) is 12.7. The first-order valence-corrected chi connectivity index (χ1v) is 7.14. The second kappa shape index (κ2) is 5.17. The number of rotatable bonds is 2. The van der Waals surface area contributed by atoms with Crippen LogP contribution in [0, 0.1) is 6.92 Å². The first-order valence-electron chi connectivity index (χ1n) is 6.38. The van der Waals surface area contributed by atoms with Crippen LogP contribution in [-0.2, 0) is 11.2 Å². The molecule has 2 aromatic rings. The van der Waals surface area contributed by atoms with E-state index in [9.17, 15) is 9.59 Å². The number of amides is 1. The minimum atomic E-state index is -0.201. The topological polar surface area (TPSA) is 46.2 Å². The Morgan fingerprint density at radius 2 is 1.90 bits per heavy atom. The van der Waals surface area contributed by atoms with Crippen LogP contribution < -0.4 is 5.32 Å². The van der Waals surface area contributed by atoms with Crippen molar-refractivity contribution >= 4 is 40.6 Å². The lowest BCUT2D eigenvalue weighted by molar-refractivity contribution is -0.115. The SMILES string of the molecule is Cc1cc(Cl)cc(C(=O)c2cc3c(cc2Cl)NC(=O)C3)c1. The van der Waals surface area contributed by atoms with E-state index in [0.29, 0.717) is 26.9 Å². The van der Waals surface area contributed by atoms with Crippen LogP contribution in [0.5, 0.6) is 0 Å². The van der Waals surface area contributed by atoms with Gasteiger partial charge in [0, 0.05) is 21.8 Å². The Balaban J connectivity index is 2.06. The fourth-order valence-corrected chi connectivity index (χ4v) is 2.98. The maximum absolute atomic E-state index is 12.6. The van der Waals surface area contributed by atoms with Gasteiger partial charge in [-0.3, -0.25) is 9.59 Å². The summed E-state index contributed by atoms with van der Waals surface area (Å²) < 4.78 is 0. The van der Waals surface area contributed by atoms with Gasteiger partial charge in [-0.05, 0) is 48.4 Å². The summed E-state index contributed by atoms with van der Waals surface area (Å²) in [4.78, 5) is 24.0. The monoisotopic (exact) mass is 319 g/mol. The van der Waals surface area contributed by atoms with E-state index < -0.39 is 0 Å². The molecule has 21 heavy (non-hydrogen) atoms. The number of hydrogen-bond acceptors (Lipinski definition) is 2. The Morgan fingerprint density at radius 3 is 2.62 bits per heavy atom. The smallest absolute Gasteiger partial charge is 0.228 e. The lowest BCUT2D eigenvalue weighted by atomic mass is 9.99. The van der Waals surface area contributed by atoms with E-state index in [2.05, 4.69) is 5.32 Å². The molecule has 1 amide bonds. The van der Waals surface area contributed by atoms with Gasteiger partial charge in [-0.25, -0.2) is 0 Å². The third-order valence-electron chi connectivity index (χ3n) is 3.37. The van der Waals surface area contributed by atoms with Crippen LogP contribution >= 0.6 is 23.2 Å². The van der Waals surface area contributed by atoms with Gasteiger partial charge in [-0.15, -0.1) is 0 Å². The molecule has 3 nitrogen and oxygen atoms in total. The van der Waals surface area contributed by atoms with E-state index in [1.54, 1.807) is 30.3 Å². The van der Waals surface area contributed by atoms with Gasteiger partial charge in [-0.2, -0.15) is 0 Å². The highest BCUT2D eigenvalue weighted by Gasteiger charge is 2.22. The molecule has 5 heteroatoms. The zero-order chi connectivity index (χ0) is 15.1. The molecule has 0 aliphatic carbocycles. The van der Waals surface area contributed by atoms with Crippen LogP contribution in [-0.4, -0.2) is 11.7 Å². The van der Waals surface area contributed by atoms with E-state index in [1.807, 2.05) is 6.92 Å². The van der Waals surface area contributed by atoms with Crippen molar-refractivity contribution in [2.75, 3.05) is 5.32 Å². The fraction of sp³-hybridized carbons (Fsp3) is 0.125. The molecular weight excluding hydrogens is 309 g/mol. The predicted octanol–water partition coefficient (Wildman–Crippen LogP) is 4.03. The van der Waals surface area contributed by atoms with Crippen LogP contribution in [0.2, 0.25) is 10.0 Å². The number of carbonyl (C=O) groups is 2. The van der Waals surface area contributed by atoms with Gasteiger partial charge in [0.25, 0.3) is 0 Å². The van der Waals surface area contributed by atoms with E-state index in [-0.39, 0.29) is 18.1 Å². The second-order valence-corrected chi connectivity index (χ2v) is 5.90. The van der Waals surface area contributed by atoms with Crippen molar-refractivity contribution in [2.24, 2.45) is 0 Å². The summed E-state index contributed by atoms with van der Waals surface area (Å²) >= 11 is 12.2. The number of hydrogen-bond donors (Lipinski definition) is 1. The third kappa shape index (κ3) is 2.67. The molecule has 0 atom stereocenters. The lowest BCUT2D eigenvalue weighted by Crippen LogP contribution is -2.04. The summed E-state index contributed by atoms with van der Waals surface area (Å²) in [5.74, 6) is -0.294. The molecule has 0 aromatic heterocycles. The largest absolute Gasteiger partial charge is 0.325 e. The van der Waals surface area contributed by atoms with E-state index in [1.165, 1.54) is 0 Å². The molecule has 0 bridgehead atoms. The zero-order valence-electron chi connectivity index (χ0n) is 11.2. The number of nitrogens with one attached hydrogen (secondary N) is 1. The number of fused-ring (bicyclic) bond motifs is 1. The van der Waals surface area contributed by atoms with Crippen molar-refractivity contribution in [3.63, 3.8) is 0 Å². The molecular formula is C16H11Cl2NO2. The maximum Gasteiger partial charge on any atom is 0.228 e.